The first-order valence-corrected chi connectivity index (χ1v) is 8.10. The molecule has 0 bridgehead atoms. The van der Waals surface area contributed by atoms with E-state index in [1.54, 1.807) is 0 Å². The van der Waals surface area contributed by atoms with Crippen LogP contribution >= 0.6 is 34.5 Å². The SMILES string of the molecule is CC1(N=C(N)NS(=O)(=O)c2cc(Cl)sc2Cl)CC1. The molecule has 2 rings (SSSR count). The van der Waals surface area contributed by atoms with Crippen molar-refractivity contribution in [1.82, 2.24) is 4.72 Å². The number of nitrogens with one attached hydrogen (secondary N) is 1. The van der Waals surface area contributed by atoms with E-state index >= 15 is 0 Å². The van der Waals surface area contributed by atoms with Gasteiger partial charge in [-0.05, 0) is 25.8 Å². The van der Waals surface area contributed by atoms with Gasteiger partial charge >= 0.3 is 0 Å². The minimum atomic E-state index is -3.83. The highest BCUT2D eigenvalue weighted by Gasteiger charge is 2.37. The number of hydrogen-bond donors (Lipinski definition) is 2. The molecular formula is C9H11Cl2N3O2S2. The highest BCUT2D eigenvalue weighted by atomic mass is 35.5. The quantitative estimate of drug-likeness (QED) is 0.659. The molecule has 1 aromatic heterocycles. The van der Waals surface area contributed by atoms with E-state index in [1.165, 1.54) is 6.07 Å². The van der Waals surface area contributed by atoms with Crippen LogP contribution in [0.4, 0.5) is 0 Å². The smallest absolute Gasteiger partial charge is 0.266 e. The summed E-state index contributed by atoms with van der Waals surface area (Å²) in [5, 5.41) is 0. The van der Waals surface area contributed by atoms with Crippen LogP contribution in [0.15, 0.2) is 16.0 Å². The van der Waals surface area contributed by atoms with E-state index < -0.39 is 10.0 Å². The Morgan fingerprint density at radius 3 is 2.61 bits per heavy atom. The number of rotatable bonds is 3. The van der Waals surface area contributed by atoms with Crippen LogP contribution in [0.1, 0.15) is 19.8 Å². The third-order valence-corrected chi connectivity index (χ3v) is 5.63. The maximum atomic E-state index is 12.0. The minimum absolute atomic E-state index is 0.0849. The molecule has 0 saturated heterocycles. The third kappa shape index (κ3) is 3.09. The summed E-state index contributed by atoms with van der Waals surface area (Å²) in [4.78, 5) is 4.01. The van der Waals surface area contributed by atoms with Crippen molar-refractivity contribution in [3.05, 3.63) is 14.7 Å². The van der Waals surface area contributed by atoms with Crippen molar-refractivity contribution in [3.63, 3.8) is 0 Å². The molecule has 0 amide bonds. The number of nitrogens with two attached hydrogens (primary N) is 1. The average Bonchev–Trinajstić information content (AvgIpc) is 2.79. The van der Waals surface area contributed by atoms with Crippen molar-refractivity contribution in [3.8, 4) is 0 Å². The van der Waals surface area contributed by atoms with Crippen molar-refractivity contribution in [2.45, 2.75) is 30.2 Å². The second-order valence-corrected chi connectivity index (χ2v) is 8.22. The first-order chi connectivity index (χ1) is 8.22. The van der Waals surface area contributed by atoms with Crippen LogP contribution in [-0.4, -0.2) is 19.9 Å². The second kappa shape index (κ2) is 4.56. The average molecular weight is 328 g/mol. The van der Waals surface area contributed by atoms with Gasteiger partial charge < -0.3 is 5.73 Å². The fourth-order valence-electron chi connectivity index (χ4n) is 1.31. The molecule has 1 aliphatic rings. The van der Waals surface area contributed by atoms with Crippen LogP contribution in [0.2, 0.25) is 8.67 Å². The molecule has 0 spiro atoms. The van der Waals surface area contributed by atoms with Gasteiger partial charge in [-0.1, -0.05) is 23.2 Å². The predicted molar refractivity (Wildman–Crippen MR) is 73.9 cm³/mol. The summed E-state index contributed by atoms with van der Waals surface area (Å²) in [6, 6.07) is 1.28. The molecule has 9 heteroatoms. The molecule has 1 saturated carbocycles. The Labute approximate surface area is 119 Å². The molecule has 0 atom stereocenters. The monoisotopic (exact) mass is 327 g/mol. The van der Waals surface area contributed by atoms with E-state index in [4.69, 9.17) is 28.9 Å². The van der Waals surface area contributed by atoms with Gasteiger partial charge in [0.2, 0.25) is 5.96 Å². The highest BCUT2D eigenvalue weighted by Crippen LogP contribution is 2.39. The predicted octanol–water partition coefficient (Wildman–Crippen LogP) is 2.20. The molecule has 18 heavy (non-hydrogen) atoms. The molecule has 0 radical (unpaired) electrons. The van der Waals surface area contributed by atoms with E-state index in [1.807, 2.05) is 6.92 Å². The molecule has 1 aromatic rings. The lowest BCUT2D eigenvalue weighted by Gasteiger charge is -2.08. The van der Waals surface area contributed by atoms with Crippen LogP contribution in [0, 0.1) is 0 Å². The maximum absolute atomic E-state index is 12.0. The van der Waals surface area contributed by atoms with E-state index in [0.717, 1.165) is 24.2 Å². The number of thiophene rings is 1. The molecule has 5 nitrogen and oxygen atoms in total. The molecule has 0 aromatic carbocycles. The highest BCUT2D eigenvalue weighted by molar-refractivity contribution is 7.90. The third-order valence-electron chi connectivity index (χ3n) is 2.52. The first kappa shape index (κ1) is 13.9. The normalized spacial score (nSPS) is 18.7. The first-order valence-electron chi connectivity index (χ1n) is 5.05. The molecule has 1 fully saturated rings. The Balaban J connectivity index is 2.22. The number of guanidine groups is 1. The minimum Gasteiger partial charge on any atom is -0.369 e. The van der Waals surface area contributed by atoms with Gasteiger partial charge in [0.15, 0.2) is 0 Å². The van der Waals surface area contributed by atoms with E-state index in [9.17, 15) is 8.42 Å². The molecule has 0 unspecified atom stereocenters. The molecule has 1 heterocycles. The standard InChI is InChI=1S/C9H11Cl2N3O2S2/c1-9(2-3-9)13-8(12)14-18(15,16)5-4-6(10)17-7(5)11/h4H,2-3H2,1H3,(H3,12,13,14). The molecule has 3 N–H and O–H groups in total. The van der Waals surface area contributed by atoms with Crippen molar-refractivity contribution in [2.75, 3.05) is 0 Å². The molecular weight excluding hydrogens is 317 g/mol. The number of halogens is 2. The van der Waals surface area contributed by atoms with Crippen molar-refractivity contribution < 1.29 is 8.42 Å². The van der Waals surface area contributed by atoms with Crippen LogP contribution in [-0.2, 0) is 10.0 Å². The van der Waals surface area contributed by atoms with Gasteiger partial charge in [-0.25, -0.2) is 18.1 Å². The summed E-state index contributed by atoms with van der Waals surface area (Å²) in [5.41, 5.74) is 5.33. The van der Waals surface area contributed by atoms with Crippen LogP contribution in [0.3, 0.4) is 0 Å². The molecule has 100 valence electrons. The Morgan fingerprint density at radius 2 is 2.17 bits per heavy atom. The van der Waals surface area contributed by atoms with Crippen molar-refractivity contribution >= 4 is 50.5 Å². The summed E-state index contributed by atoms with van der Waals surface area (Å²) < 4.78 is 26.5. The maximum Gasteiger partial charge on any atom is 0.266 e. The van der Waals surface area contributed by atoms with Gasteiger partial charge in [0.1, 0.15) is 9.23 Å². The number of sulfonamides is 1. The van der Waals surface area contributed by atoms with Gasteiger partial charge in [0, 0.05) is 0 Å². The Hall–Kier alpha value is -0.500. The number of nitrogens with zero attached hydrogens (tertiary/aromatic N) is 1. The number of aliphatic imine (C=N–C) groups is 1. The molecule has 1 aliphatic carbocycles. The Bertz CT molecular complexity index is 605. The topological polar surface area (TPSA) is 84.5 Å². The lowest BCUT2D eigenvalue weighted by atomic mass is 10.3. The van der Waals surface area contributed by atoms with E-state index in [0.29, 0.717) is 4.34 Å². The van der Waals surface area contributed by atoms with Crippen molar-refractivity contribution in [2.24, 2.45) is 10.7 Å². The number of hydrogen-bond acceptors (Lipinski definition) is 4. The zero-order valence-corrected chi connectivity index (χ0v) is 12.5. The van der Waals surface area contributed by atoms with Crippen molar-refractivity contribution in [1.29, 1.82) is 0 Å². The lowest BCUT2D eigenvalue weighted by molar-refractivity contribution is 0.592. The summed E-state index contributed by atoms with van der Waals surface area (Å²) in [6.45, 7) is 1.91. The van der Waals surface area contributed by atoms with E-state index in [-0.39, 0.29) is 20.7 Å². The van der Waals surface area contributed by atoms with Gasteiger partial charge in [-0.2, -0.15) is 0 Å². The van der Waals surface area contributed by atoms with Gasteiger partial charge in [-0.15, -0.1) is 11.3 Å². The summed E-state index contributed by atoms with van der Waals surface area (Å²) in [5.74, 6) is -0.131. The van der Waals surface area contributed by atoms with Gasteiger partial charge in [0.05, 0.1) is 9.88 Å². The zero-order valence-electron chi connectivity index (χ0n) is 9.41. The largest absolute Gasteiger partial charge is 0.369 e. The summed E-state index contributed by atoms with van der Waals surface area (Å²) >= 11 is 12.5. The van der Waals surface area contributed by atoms with Gasteiger partial charge in [0.25, 0.3) is 10.0 Å². The lowest BCUT2D eigenvalue weighted by Crippen LogP contribution is -2.37. The van der Waals surface area contributed by atoms with Crippen LogP contribution in [0.5, 0.6) is 0 Å². The fraction of sp³-hybridized carbons (Fsp3) is 0.444. The second-order valence-electron chi connectivity index (χ2n) is 4.29. The Morgan fingerprint density at radius 1 is 1.56 bits per heavy atom. The fourth-order valence-corrected chi connectivity index (χ4v) is 4.39. The summed E-state index contributed by atoms with van der Waals surface area (Å²) in [6.07, 6.45) is 1.81. The summed E-state index contributed by atoms with van der Waals surface area (Å²) in [7, 11) is -3.83. The zero-order chi connectivity index (χ0) is 13.6. The van der Waals surface area contributed by atoms with Crippen LogP contribution in [0.25, 0.3) is 0 Å². The molecule has 0 aliphatic heterocycles. The van der Waals surface area contributed by atoms with Crippen LogP contribution < -0.4 is 10.5 Å². The Kier molecular flexibility index (Phi) is 3.52. The van der Waals surface area contributed by atoms with Gasteiger partial charge in [-0.3, -0.25) is 0 Å². The van der Waals surface area contributed by atoms with E-state index in [2.05, 4.69) is 9.71 Å².